The number of hydrogen-bond acceptors (Lipinski definition) is 5. The normalized spacial score (nSPS) is 26.9. The lowest BCUT2D eigenvalue weighted by atomic mass is 10.1. The summed E-state index contributed by atoms with van der Waals surface area (Å²) in [6.45, 7) is 5.04. The quantitative estimate of drug-likeness (QED) is 0.129. The predicted octanol–water partition coefficient (Wildman–Crippen LogP) is 3.92. The van der Waals surface area contributed by atoms with Crippen LogP contribution in [0.5, 0.6) is 0 Å². The number of para-hydroxylation sites is 1. The van der Waals surface area contributed by atoms with Crippen LogP contribution in [0, 0.1) is 16.9 Å². The van der Waals surface area contributed by atoms with Crippen molar-refractivity contribution in [3.8, 4) is 6.19 Å². The molecule has 1 fully saturated rings. The molecular formula is C22H29BrClN6O3S+. The van der Waals surface area contributed by atoms with Gasteiger partial charge in [-0.2, -0.15) is 5.26 Å². The summed E-state index contributed by atoms with van der Waals surface area (Å²) in [5.74, 6) is -0.423. The summed E-state index contributed by atoms with van der Waals surface area (Å²) in [4.78, 5) is 0.958. The molecule has 34 heavy (non-hydrogen) atoms. The van der Waals surface area contributed by atoms with E-state index in [4.69, 9.17) is 17.0 Å². The molecule has 12 heteroatoms. The molecule has 2 aliphatic rings. The number of anilines is 1. The number of nitrogens with one attached hydrogen (secondary N) is 3. The Kier molecular flexibility index (Phi) is 8.12. The number of nitriles is 1. The van der Waals surface area contributed by atoms with Gasteiger partial charge in [-0.1, -0.05) is 35.5 Å². The van der Waals surface area contributed by atoms with Gasteiger partial charge < -0.3 is 10.4 Å². The van der Waals surface area contributed by atoms with Crippen LogP contribution in [0.4, 0.5) is 5.69 Å². The average molecular weight is 573 g/mol. The van der Waals surface area contributed by atoms with E-state index in [1.54, 1.807) is 24.3 Å². The van der Waals surface area contributed by atoms with Crippen molar-refractivity contribution in [2.75, 3.05) is 18.4 Å². The number of rotatable bonds is 7. The molecular weight excluding hydrogens is 544 g/mol. The number of hydrogen-bond donors (Lipinski definition) is 4. The minimum absolute atomic E-state index is 0.0767. The van der Waals surface area contributed by atoms with E-state index in [0.29, 0.717) is 23.2 Å². The van der Waals surface area contributed by atoms with E-state index in [2.05, 4.69) is 26.1 Å². The van der Waals surface area contributed by atoms with E-state index in [9.17, 15) is 18.8 Å². The Morgan fingerprint density at radius 2 is 2.12 bits per heavy atom. The molecule has 3 rings (SSSR count). The summed E-state index contributed by atoms with van der Waals surface area (Å²) in [5, 5.41) is 32.9. The second kappa shape index (κ2) is 10.4. The minimum atomic E-state index is -4.47. The number of aliphatic hydroxyl groups is 1. The van der Waals surface area contributed by atoms with E-state index in [1.807, 2.05) is 20.0 Å². The fraction of sp³-hybridized carbons (Fsp3) is 0.455. The van der Waals surface area contributed by atoms with Gasteiger partial charge in [0.1, 0.15) is 6.04 Å². The molecule has 0 bridgehead atoms. The number of benzene rings is 1. The Hall–Kier alpha value is -1.94. The molecule has 184 valence electrons. The first kappa shape index (κ1) is 26.7. The van der Waals surface area contributed by atoms with Gasteiger partial charge in [-0.25, -0.2) is 17.9 Å². The van der Waals surface area contributed by atoms with Crippen LogP contribution in [0.15, 0.2) is 51.6 Å². The number of likely N-dealkylation sites (tertiary alicyclic amines) is 1. The molecule has 0 spiro atoms. The zero-order valence-electron chi connectivity index (χ0n) is 19.1. The molecule has 9 nitrogen and oxygen atoms in total. The van der Waals surface area contributed by atoms with Crippen LogP contribution >= 0.6 is 27.5 Å². The maximum Gasteiger partial charge on any atom is 0.289 e. The van der Waals surface area contributed by atoms with Gasteiger partial charge in [-0.3, -0.25) is 5.41 Å². The fourth-order valence-electron chi connectivity index (χ4n) is 4.64. The Morgan fingerprint density at radius 1 is 1.41 bits per heavy atom. The third-order valence-electron chi connectivity index (χ3n) is 6.50. The van der Waals surface area contributed by atoms with Crippen LogP contribution in [0.25, 0.3) is 0 Å². The molecule has 0 radical (unpaired) electrons. The second-order valence-electron chi connectivity index (χ2n) is 8.39. The van der Waals surface area contributed by atoms with Crippen molar-refractivity contribution in [1.82, 2.24) is 9.73 Å². The smallest absolute Gasteiger partial charge is 0.289 e. The van der Waals surface area contributed by atoms with Gasteiger partial charge >= 0.3 is 0 Å². The largest absolute Gasteiger partial charge is 0.368 e. The summed E-state index contributed by atoms with van der Waals surface area (Å²) < 4.78 is 28.3. The highest BCUT2D eigenvalue weighted by Gasteiger charge is 2.55. The fourth-order valence-corrected chi connectivity index (χ4v) is 7.14. The molecule has 0 amide bonds. The molecule has 0 aromatic heterocycles. The number of quaternary nitrogens is 1. The van der Waals surface area contributed by atoms with Crippen molar-refractivity contribution < 1.29 is 18.1 Å². The standard InChI is InChI=1S/C22H29BrClN6O3S/c1-3-17-8-7-13-30(17,4-2)28-34(32,33)22(31)14-16(24)11-12-20(22)29(15-25)21(26)27-19-10-6-5-9-18(19)23/h5-6,9-12,17,28,31H,3-4,7-8,13-14H2,1-2H3,(H2,26,27)/q+1. The molecule has 1 aliphatic carbocycles. The zero-order valence-corrected chi connectivity index (χ0v) is 22.2. The van der Waals surface area contributed by atoms with Crippen LogP contribution in [0.2, 0.25) is 0 Å². The number of allylic oxidation sites excluding steroid dienone is 2. The molecule has 4 N–H and O–H groups in total. The lowest BCUT2D eigenvalue weighted by Gasteiger charge is -2.42. The van der Waals surface area contributed by atoms with E-state index >= 15 is 0 Å². The second-order valence-corrected chi connectivity index (χ2v) is 11.6. The first-order chi connectivity index (χ1) is 16.0. The average Bonchev–Trinajstić information content (AvgIpc) is 3.19. The van der Waals surface area contributed by atoms with Gasteiger partial charge in [-0.15, -0.1) is 0 Å². The number of halogens is 2. The van der Waals surface area contributed by atoms with Crippen molar-refractivity contribution in [2.45, 2.75) is 50.5 Å². The van der Waals surface area contributed by atoms with E-state index in [-0.39, 0.29) is 21.4 Å². The van der Waals surface area contributed by atoms with E-state index in [0.717, 1.165) is 24.2 Å². The third kappa shape index (κ3) is 4.89. The third-order valence-corrected chi connectivity index (χ3v) is 9.30. The molecule has 0 saturated carbocycles. The van der Waals surface area contributed by atoms with E-state index < -0.39 is 27.3 Å². The van der Waals surface area contributed by atoms with Crippen LogP contribution < -0.4 is 10.1 Å². The van der Waals surface area contributed by atoms with Crippen molar-refractivity contribution in [3.63, 3.8) is 0 Å². The predicted molar refractivity (Wildman–Crippen MR) is 136 cm³/mol. The summed E-state index contributed by atoms with van der Waals surface area (Å²) in [6.07, 6.45) is 6.58. The lowest BCUT2D eigenvalue weighted by Crippen LogP contribution is -2.67. The molecule has 3 atom stereocenters. The number of sulfonamides is 1. The monoisotopic (exact) mass is 571 g/mol. The molecule has 1 aromatic carbocycles. The zero-order chi connectivity index (χ0) is 25.1. The summed E-state index contributed by atoms with van der Waals surface area (Å²) in [6, 6.07) is 7.07. The minimum Gasteiger partial charge on any atom is -0.368 e. The molecule has 1 saturated heterocycles. The highest BCUT2D eigenvalue weighted by molar-refractivity contribution is 9.10. The molecule has 1 aromatic rings. The van der Waals surface area contributed by atoms with Crippen LogP contribution in [-0.4, -0.2) is 53.0 Å². The molecule has 3 unspecified atom stereocenters. The first-order valence-electron chi connectivity index (χ1n) is 11.0. The molecule has 1 heterocycles. The maximum atomic E-state index is 13.8. The maximum absolute atomic E-state index is 13.8. The van der Waals surface area contributed by atoms with E-state index in [1.165, 1.54) is 12.2 Å². The molecule has 1 aliphatic heterocycles. The van der Waals surface area contributed by atoms with Gasteiger partial charge in [0.15, 0.2) is 6.19 Å². The first-order valence-corrected chi connectivity index (χ1v) is 13.7. The van der Waals surface area contributed by atoms with Crippen molar-refractivity contribution >= 4 is 49.2 Å². The summed E-state index contributed by atoms with van der Waals surface area (Å²) in [7, 11) is -4.47. The Bertz CT molecular complexity index is 1170. The summed E-state index contributed by atoms with van der Waals surface area (Å²) >= 11 is 9.54. The van der Waals surface area contributed by atoms with Crippen molar-refractivity contribution in [2.24, 2.45) is 0 Å². The highest BCUT2D eigenvalue weighted by atomic mass is 79.9. The van der Waals surface area contributed by atoms with Gasteiger partial charge in [0.2, 0.25) is 10.9 Å². The highest BCUT2D eigenvalue weighted by Crippen LogP contribution is 2.39. The van der Waals surface area contributed by atoms with Crippen molar-refractivity contribution in [1.29, 1.82) is 10.7 Å². The topological polar surface area (TPSA) is 129 Å². The Labute approximate surface area is 213 Å². The number of guanidine groups is 1. The Balaban J connectivity index is 1.99. The summed E-state index contributed by atoms with van der Waals surface area (Å²) in [5.41, 5.74) is 0.221. The Morgan fingerprint density at radius 3 is 2.74 bits per heavy atom. The van der Waals surface area contributed by atoms with Crippen molar-refractivity contribution in [3.05, 3.63) is 51.6 Å². The van der Waals surface area contributed by atoms with Gasteiger partial charge in [-0.05, 0) is 53.6 Å². The lowest BCUT2D eigenvalue weighted by molar-refractivity contribution is -0.966. The SMILES string of the molecule is CCC1CCC[N+]1(CC)NS(=O)(=O)C1(O)CC(Cl)=CC=C1N(C#N)C(=N)Nc1ccccc1Br. The van der Waals surface area contributed by atoms with Crippen LogP contribution in [-0.2, 0) is 10.0 Å². The number of nitrogens with zero attached hydrogens (tertiary/aromatic N) is 3. The van der Waals surface area contributed by atoms with Crippen LogP contribution in [0.1, 0.15) is 39.5 Å². The van der Waals surface area contributed by atoms with Gasteiger partial charge in [0.05, 0.1) is 24.5 Å². The van der Waals surface area contributed by atoms with Crippen LogP contribution in [0.3, 0.4) is 0 Å². The van der Waals surface area contributed by atoms with Gasteiger partial charge in [0.25, 0.3) is 10.0 Å². The van der Waals surface area contributed by atoms with Gasteiger partial charge in [0, 0.05) is 28.8 Å².